The number of hydrogen-bond donors (Lipinski definition) is 0. The molecule has 0 N–H and O–H groups in total. The van der Waals surface area contributed by atoms with Gasteiger partial charge in [-0.05, 0) is 24.6 Å². The van der Waals surface area contributed by atoms with Gasteiger partial charge in [0.2, 0.25) is 0 Å². The van der Waals surface area contributed by atoms with Crippen molar-refractivity contribution in [3.8, 4) is 17.3 Å². The summed E-state index contributed by atoms with van der Waals surface area (Å²) in [5, 5.41) is 13.6. The number of nitriles is 1. The second-order valence-electron chi connectivity index (χ2n) is 7.09. The lowest BCUT2D eigenvalue weighted by atomic mass is 10.0. The highest BCUT2D eigenvalue weighted by atomic mass is 35.5. The number of esters is 1. The first-order chi connectivity index (χ1) is 16.6. The van der Waals surface area contributed by atoms with Gasteiger partial charge in [-0.15, -0.1) is 11.3 Å². The molecule has 0 aliphatic carbocycles. The van der Waals surface area contributed by atoms with Crippen molar-refractivity contribution >= 4 is 40.7 Å². The number of halogens is 1. The van der Waals surface area contributed by atoms with Gasteiger partial charge in [0.15, 0.2) is 5.16 Å². The summed E-state index contributed by atoms with van der Waals surface area (Å²) in [6, 6.07) is 19.5. The maximum atomic E-state index is 12.6. The molecule has 0 spiro atoms. The molecule has 0 fully saturated rings. The van der Waals surface area contributed by atoms with Crippen LogP contribution in [0.1, 0.15) is 39.5 Å². The van der Waals surface area contributed by atoms with Gasteiger partial charge in [-0.2, -0.15) is 5.26 Å². The molecule has 4 aromatic rings. The van der Waals surface area contributed by atoms with Crippen LogP contribution < -0.4 is 0 Å². The van der Waals surface area contributed by atoms with Gasteiger partial charge in [0, 0.05) is 27.9 Å². The fourth-order valence-electron chi connectivity index (χ4n) is 3.16. The first-order valence-electron chi connectivity index (χ1n) is 10.4. The fourth-order valence-corrected chi connectivity index (χ4v) is 4.94. The molecule has 1 unspecified atom stereocenters. The molecule has 170 valence electrons. The molecule has 34 heavy (non-hydrogen) atoms. The summed E-state index contributed by atoms with van der Waals surface area (Å²) in [6.45, 7) is 1.93. The van der Waals surface area contributed by atoms with Gasteiger partial charge in [0.05, 0.1) is 24.1 Å². The second kappa shape index (κ2) is 11.3. The van der Waals surface area contributed by atoms with Crippen LogP contribution in [0.5, 0.6) is 0 Å². The van der Waals surface area contributed by atoms with Crippen LogP contribution in [-0.2, 0) is 10.5 Å². The van der Waals surface area contributed by atoms with Gasteiger partial charge in [-0.25, -0.2) is 19.7 Å². The van der Waals surface area contributed by atoms with E-state index in [0.29, 0.717) is 26.6 Å². The van der Waals surface area contributed by atoms with Crippen LogP contribution in [0.4, 0.5) is 0 Å². The van der Waals surface area contributed by atoms with Crippen molar-refractivity contribution in [1.82, 2.24) is 15.0 Å². The Hall–Kier alpha value is -3.25. The minimum absolute atomic E-state index is 0.167. The number of thiazole rings is 1. The van der Waals surface area contributed by atoms with Crippen molar-refractivity contribution in [2.24, 2.45) is 0 Å². The van der Waals surface area contributed by atoms with Crippen LogP contribution in [0.2, 0.25) is 5.02 Å². The van der Waals surface area contributed by atoms with Gasteiger partial charge in [-0.3, -0.25) is 0 Å². The molecule has 0 saturated carbocycles. The number of carbonyl (C=O) groups is 1. The Balaban J connectivity index is 1.68. The SMILES string of the molecule is CCOC(=O)c1cnc(SCc2ccccc2)nc1C(C#N)c1nc(-c2ccc(Cl)cc2)cs1. The first-order valence-corrected chi connectivity index (χ1v) is 12.6. The van der Waals surface area contributed by atoms with Crippen LogP contribution in [0, 0.1) is 11.3 Å². The van der Waals surface area contributed by atoms with Gasteiger partial charge in [0.1, 0.15) is 16.5 Å². The van der Waals surface area contributed by atoms with Crippen LogP contribution >= 0.6 is 34.7 Å². The minimum Gasteiger partial charge on any atom is -0.462 e. The Morgan fingerprint density at radius 1 is 1.18 bits per heavy atom. The number of benzene rings is 2. The maximum Gasteiger partial charge on any atom is 0.341 e. The van der Waals surface area contributed by atoms with Crippen molar-refractivity contribution < 1.29 is 9.53 Å². The fraction of sp³-hybridized carbons (Fsp3) is 0.160. The van der Waals surface area contributed by atoms with Gasteiger partial charge in [0.25, 0.3) is 0 Å². The minimum atomic E-state index is -0.843. The lowest BCUT2D eigenvalue weighted by molar-refractivity contribution is 0.0523. The summed E-state index contributed by atoms with van der Waals surface area (Å²) in [7, 11) is 0. The smallest absolute Gasteiger partial charge is 0.341 e. The highest BCUT2D eigenvalue weighted by Crippen LogP contribution is 2.33. The first kappa shape index (κ1) is 23.9. The predicted molar refractivity (Wildman–Crippen MR) is 134 cm³/mol. The molecular weight excluding hydrogens is 488 g/mol. The van der Waals surface area contributed by atoms with E-state index in [1.54, 1.807) is 19.1 Å². The third-order valence-electron chi connectivity index (χ3n) is 4.81. The standard InChI is InChI=1S/C25H19ClN4O2S2/c1-2-32-24(31)20-13-28-25(34-14-16-6-4-3-5-7-16)30-22(20)19(12-27)23-29-21(15-33-23)17-8-10-18(26)11-9-17/h3-11,13,15,19H,2,14H2,1H3. The zero-order chi connectivity index (χ0) is 23.9. The van der Waals surface area contributed by atoms with Crippen LogP contribution in [0.25, 0.3) is 11.3 Å². The number of nitrogens with zero attached hydrogens (tertiary/aromatic N) is 4. The molecule has 0 bridgehead atoms. The molecule has 0 amide bonds. The number of rotatable bonds is 8. The Kier molecular flexibility index (Phi) is 7.91. The molecule has 2 aromatic carbocycles. The Labute approximate surface area is 210 Å². The largest absolute Gasteiger partial charge is 0.462 e. The Morgan fingerprint density at radius 2 is 1.94 bits per heavy atom. The molecule has 1 atom stereocenters. The quantitative estimate of drug-likeness (QED) is 0.155. The lowest BCUT2D eigenvalue weighted by Gasteiger charge is -2.12. The number of carbonyl (C=O) groups excluding carboxylic acids is 1. The summed E-state index contributed by atoms with van der Waals surface area (Å²) < 4.78 is 5.19. The van der Waals surface area contributed by atoms with Gasteiger partial charge in [-0.1, -0.05) is 65.8 Å². The van der Waals surface area contributed by atoms with E-state index in [0.717, 1.165) is 16.8 Å². The summed E-state index contributed by atoms with van der Waals surface area (Å²) in [5.41, 5.74) is 3.19. The summed E-state index contributed by atoms with van der Waals surface area (Å²) >= 11 is 8.76. The molecular formula is C25H19ClN4O2S2. The van der Waals surface area contributed by atoms with Crippen molar-refractivity contribution in [2.45, 2.75) is 23.8 Å². The predicted octanol–water partition coefficient (Wildman–Crippen LogP) is 6.38. The second-order valence-corrected chi connectivity index (χ2v) is 9.35. The van der Waals surface area contributed by atoms with Gasteiger partial charge < -0.3 is 4.74 Å². The molecule has 2 aromatic heterocycles. The molecule has 0 saturated heterocycles. The average Bonchev–Trinajstić information content (AvgIpc) is 3.34. The van der Waals surface area contributed by atoms with E-state index in [1.807, 2.05) is 47.8 Å². The zero-order valence-corrected chi connectivity index (χ0v) is 20.5. The molecule has 2 heterocycles. The highest BCUT2D eigenvalue weighted by Gasteiger charge is 2.27. The van der Waals surface area contributed by atoms with Crippen molar-refractivity contribution in [3.63, 3.8) is 0 Å². The highest BCUT2D eigenvalue weighted by molar-refractivity contribution is 7.98. The Morgan fingerprint density at radius 3 is 2.65 bits per heavy atom. The van der Waals surface area contributed by atoms with E-state index in [-0.39, 0.29) is 12.2 Å². The molecule has 0 aliphatic heterocycles. The topological polar surface area (TPSA) is 88.8 Å². The maximum absolute atomic E-state index is 12.6. The van der Waals surface area contributed by atoms with E-state index in [1.165, 1.54) is 29.3 Å². The third kappa shape index (κ3) is 5.62. The molecule has 9 heteroatoms. The number of thioether (sulfide) groups is 1. The molecule has 4 rings (SSSR count). The number of hydrogen-bond acceptors (Lipinski definition) is 8. The molecule has 0 radical (unpaired) electrons. The molecule has 0 aliphatic rings. The van der Waals surface area contributed by atoms with Crippen molar-refractivity contribution in [1.29, 1.82) is 5.26 Å². The van der Waals surface area contributed by atoms with Crippen LogP contribution in [0.15, 0.2) is 71.3 Å². The third-order valence-corrected chi connectivity index (χ3v) is 6.91. The van der Waals surface area contributed by atoms with Crippen LogP contribution in [-0.4, -0.2) is 27.5 Å². The normalized spacial score (nSPS) is 11.6. The Bertz CT molecular complexity index is 1320. The van der Waals surface area contributed by atoms with E-state index in [4.69, 9.17) is 16.3 Å². The summed E-state index contributed by atoms with van der Waals surface area (Å²) in [5.74, 6) is -0.745. The molecule has 6 nitrogen and oxygen atoms in total. The van der Waals surface area contributed by atoms with E-state index >= 15 is 0 Å². The summed E-state index contributed by atoms with van der Waals surface area (Å²) in [4.78, 5) is 26.2. The average molecular weight is 507 g/mol. The van der Waals surface area contributed by atoms with Crippen molar-refractivity contribution in [3.05, 3.63) is 93.0 Å². The van der Waals surface area contributed by atoms with Crippen molar-refractivity contribution in [2.75, 3.05) is 6.61 Å². The van der Waals surface area contributed by atoms with E-state index < -0.39 is 11.9 Å². The van der Waals surface area contributed by atoms with E-state index in [2.05, 4.69) is 21.0 Å². The lowest BCUT2D eigenvalue weighted by Crippen LogP contribution is -2.14. The summed E-state index contributed by atoms with van der Waals surface area (Å²) in [6.07, 6.45) is 1.44. The van der Waals surface area contributed by atoms with Gasteiger partial charge >= 0.3 is 5.97 Å². The monoisotopic (exact) mass is 506 g/mol. The van der Waals surface area contributed by atoms with Crippen LogP contribution in [0.3, 0.4) is 0 Å². The number of aromatic nitrogens is 3. The van der Waals surface area contributed by atoms with E-state index in [9.17, 15) is 10.1 Å². The zero-order valence-electron chi connectivity index (χ0n) is 18.1. The number of ether oxygens (including phenoxy) is 1.